The van der Waals surface area contributed by atoms with E-state index in [0.717, 1.165) is 5.57 Å². The zero-order valence-corrected chi connectivity index (χ0v) is 6.86. The maximum atomic E-state index is 10.9. The minimum Gasteiger partial charge on any atom is -0.469 e. The van der Waals surface area contributed by atoms with Crippen LogP contribution in [0.5, 0.6) is 0 Å². The van der Waals surface area contributed by atoms with E-state index in [-0.39, 0.29) is 11.9 Å². The van der Waals surface area contributed by atoms with Crippen molar-refractivity contribution in [2.45, 2.75) is 12.8 Å². The van der Waals surface area contributed by atoms with Crippen molar-refractivity contribution in [3.8, 4) is 0 Å². The van der Waals surface area contributed by atoms with E-state index in [4.69, 9.17) is 10.0 Å². The van der Waals surface area contributed by atoms with Crippen LogP contribution >= 0.6 is 0 Å². The minimum absolute atomic E-state index is 0.0833. The summed E-state index contributed by atoms with van der Waals surface area (Å²) in [4.78, 5) is 10.9. The Bertz CT molecular complexity index is 203. The minimum atomic E-state index is -1.40. The van der Waals surface area contributed by atoms with Gasteiger partial charge in [-0.3, -0.25) is 4.79 Å². The fourth-order valence-electron chi connectivity index (χ4n) is 1.25. The lowest BCUT2D eigenvalue weighted by Gasteiger charge is -2.26. The summed E-state index contributed by atoms with van der Waals surface area (Å²) in [7, 11) is -0.0520. The molecule has 0 aliphatic heterocycles. The zero-order valence-electron chi connectivity index (χ0n) is 6.86. The lowest BCUT2D eigenvalue weighted by Crippen LogP contribution is -2.26. The van der Waals surface area contributed by atoms with Gasteiger partial charge in [-0.05, 0) is 12.8 Å². The monoisotopic (exact) mass is 170 g/mol. The van der Waals surface area contributed by atoms with Crippen LogP contribution in [0.2, 0.25) is 0 Å². The number of carbonyl (C=O) groups is 1. The third-order valence-electron chi connectivity index (χ3n) is 1.94. The molecule has 0 atom stereocenters. The molecule has 12 heavy (non-hydrogen) atoms. The van der Waals surface area contributed by atoms with Crippen molar-refractivity contribution < 1.29 is 19.6 Å². The maximum Gasteiger partial charge on any atom is 0.480 e. The standard InChI is InChI=1S/C7H11BO4/c1-12-7(9)6-2-5(3-6)4-8(10)11/h4,6,10-11H,2-3H2,1H3. The molecule has 0 bridgehead atoms. The predicted molar refractivity (Wildman–Crippen MR) is 43.0 cm³/mol. The Morgan fingerprint density at radius 1 is 1.67 bits per heavy atom. The van der Waals surface area contributed by atoms with Crippen LogP contribution in [0.1, 0.15) is 12.8 Å². The molecule has 0 aromatic rings. The van der Waals surface area contributed by atoms with Crippen molar-refractivity contribution in [1.82, 2.24) is 0 Å². The molecule has 0 aromatic carbocycles. The average molecular weight is 170 g/mol. The highest BCUT2D eigenvalue weighted by molar-refractivity contribution is 6.47. The lowest BCUT2D eigenvalue weighted by molar-refractivity contribution is -0.146. The molecule has 1 aliphatic rings. The van der Waals surface area contributed by atoms with Gasteiger partial charge in [0, 0.05) is 0 Å². The van der Waals surface area contributed by atoms with Crippen LogP contribution in [-0.2, 0) is 9.53 Å². The quantitative estimate of drug-likeness (QED) is 0.433. The number of methoxy groups -OCH3 is 1. The number of hydrogen-bond donors (Lipinski definition) is 2. The molecule has 0 heterocycles. The van der Waals surface area contributed by atoms with Gasteiger partial charge in [0.15, 0.2) is 0 Å². The van der Waals surface area contributed by atoms with Crippen molar-refractivity contribution in [3.05, 3.63) is 11.5 Å². The fraction of sp³-hybridized carbons (Fsp3) is 0.571. The number of allylic oxidation sites excluding steroid dienone is 1. The average Bonchev–Trinajstić information content (AvgIpc) is 1.94. The molecule has 66 valence electrons. The molecule has 1 aliphatic carbocycles. The highest BCUT2D eigenvalue weighted by atomic mass is 16.5. The summed E-state index contributed by atoms with van der Waals surface area (Å²) in [5.41, 5.74) is 0.903. The Morgan fingerprint density at radius 3 is 2.67 bits per heavy atom. The predicted octanol–water partition coefficient (Wildman–Crippen LogP) is -0.492. The van der Waals surface area contributed by atoms with Crippen molar-refractivity contribution >= 4 is 13.1 Å². The number of hydrogen-bond acceptors (Lipinski definition) is 4. The topological polar surface area (TPSA) is 66.8 Å². The van der Waals surface area contributed by atoms with Crippen LogP contribution in [0, 0.1) is 5.92 Å². The van der Waals surface area contributed by atoms with Gasteiger partial charge in [0.05, 0.1) is 13.0 Å². The molecular formula is C7H11BO4. The first-order valence-electron chi connectivity index (χ1n) is 3.77. The van der Waals surface area contributed by atoms with Crippen LogP contribution in [0.15, 0.2) is 11.5 Å². The summed E-state index contributed by atoms with van der Waals surface area (Å²) in [5.74, 6) is 1.04. The van der Waals surface area contributed by atoms with Gasteiger partial charge in [-0.1, -0.05) is 11.5 Å². The summed E-state index contributed by atoms with van der Waals surface area (Å²) in [6, 6.07) is 0. The van der Waals surface area contributed by atoms with Gasteiger partial charge >= 0.3 is 13.1 Å². The number of esters is 1. The van der Waals surface area contributed by atoms with Crippen LogP contribution in [0.25, 0.3) is 0 Å². The molecule has 0 spiro atoms. The smallest absolute Gasteiger partial charge is 0.469 e. The Kier molecular flexibility index (Phi) is 2.89. The van der Waals surface area contributed by atoms with Crippen LogP contribution in [0.3, 0.4) is 0 Å². The van der Waals surface area contributed by atoms with Gasteiger partial charge in [0.1, 0.15) is 0 Å². The molecule has 0 amide bonds. The zero-order chi connectivity index (χ0) is 9.14. The second kappa shape index (κ2) is 3.73. The molecule has 0 saturated heterocycles. The molecule has 1 fully saturated rings. The van der Waals surface area contributed by atoms with E-state index in [2.05, 4.69) is 4.74 Å². The van der Waals surface area contributed by atoms with Crippen molar-refractivity contribution in [3.63, 3.8) is 0 Å². The van der Waals surface area contributed by atoms with E-state index in [1.165, 1.54) is 13.1 Å². The normalized spacial score (nSPS) is 21.2. The third-order valence-corrected chi connectivity index (χ3v) is 1.94. The van der Waals surface area contributed by atoms with E-state index in [9.17, 15) is 4.79 Å². The largest absolute Gasteiger partial charge is 0.480 e. The second-order valence-corrected chi connectivity index (χ2v) is 2.87. The highest BCUT2D eigenvalue weighted by Crippen LogP contribution is 2.33. The summed E-state index contributed by atoms with van der Waals surface area (Å²) in [5, 5.41) is 17.1. The molecule has 2 N–H and O–H groups in total. The van der Waals surface area contributed by atoms with Gasteiger partial charge in [0.2, 0.25) is 0 Å². The van der Waals surface area contributed by atoms with Crippen LogP contribution in [-0.4, -0.2) is 30.2 Å². The molecule has 1 rings (SSSR count). The highest BCUT2D eigenvalue weighted by Gasteiger charge is 2.30. The van der Waals surface area contributed by atoms with Gasteiger partial charge in [-0.15, -0.1) is 0 Å². The lowest BCUT2D eigenvalue weighted by atomic mass is 9.74. The summed E-state index contributed by atoms with van der Waals surface area (Å²) < 4.78 is 4.52. The SMILES string of the molecule is COC(=O)C1CC(=CB(O)O)C1. The van der Waals surface area contributed by atoms with Crippen LogP contribution < -0.4 is 0 Å². The summed E-state index contributed by atoms with van der Waals surface area (Å²) in [6.45, 7) is 0. The Morgan fingerprint density at radius 2 is 2.25 bits per heavy atom. The van der Waals surface area contributed by atoms with Crippen molar-refractivity contribution in [1.29, 1.82) is 0 Å². The van der Waals surface area contributed by atoms with E-state index in [0.29, 0.717) is 12.8 Å². The van der Waals surface area contributed by atoms with Gasteiger partial charge in [-0.2, -0.15) is 0 Å². The van der Waals surface area contributed by atoms with Gasteiger partial charge in [0.25, 0.3) is 0 Å². The molecular weight excluding hydrogens is 159 g/mol. The Balaban J connectivity index is 2.33. The number of ether oxygens (including phenoxy) is 1. The molecule has 5 heteroatoms. The fourth-order valence-corrected chi connectivity index (χ4v) is 1.25. The van der Waals surface area contributed by atoms with Gasteiger partial charge in [-0.25, -0.2) is 0 Å². The maximum absolute atomic E-state index is 10.9. The summed E-state index contributed by atoms with van der Waals surface area (Å²) in [6.07, 6.45) is 1.18. The first-order chi connectivity index (χ1) is 5.63. The first kappa shape index (κ1) is 9.28. The number of rotatable bonds is 2. The van der Waals surface area contributed by atoms with E-state index in [1.54, 1.807) is 0 Å². The number of carbonyl (C=O) groups excluding carboxylic acids is 1. The van der Waals surface area contributed by atoms with Gasteiger partial charge < -0.3 is 14.8 Å². The molecule has 0 aromatic heterocycles. The molecule has 4 nitrogen and oxygen atoms in total. The van der Waals surface area contributed by atoms with Crippen LogP contribution in [0.4, 0.5) is 0 Å². The summed E-state index contributed by atoms with van der Waals surface area (Å²) >= 11 is 0. The Labute approximate surface area is 71.0 Å². The Hall–Kier alpha value is -0.805. The van der Waals surface area contributed by atoms with E-state index < -0.39 is 7.12 Å². The molecule has 1 saturated carbocycles. The third kappa shape index (κ3) is 2.09. The van der Waals surface area contributed by atoms with Crippen molar-refractivity contribution in [2.75, 3.05) is 7.11 Å². The first-order valence-corrected chi connectivity index (χ1v) is 3.77. The second-order valence-electron chi connectivity index (χ2n) is 2.87. The van der Waals surface area contributed by atoms with Crippen molar-refractivity contribution in [2.24, 2.45) is 5.92 Å². The molecule has 0 radical (unpaired) electrons. The van der Waals surface area contributed by atoms with E-state index in [1.807, 2.05) is 0 Å². The van der Waals surface area contributed by atoms with E-state index >= 15 is 0 Å². The molecule has 0 unspecified atom stereocenters.